The van der Waals surface area contributed by atoms with Crippen molar-refractivity contribution in [3.63, 3.8) is 0 Å². The van der Waals surface area contributed by atoms with Gasteiger partial charge in [-0.2, -0.15) is 0 Å². The summed E-state index contributed by atoms with van der Waals surface area (Å²) in [4.78, 5) is 21.9. The van der Waals surface area contributed by atoms with Gasteiger partial charge >= 0.3 is 0 Å². The van der Waals surface area contributed by atoms with Crippen LogP contribution >= 0.6 is 27.3 Å². The minimum Gasteiger partial charge on any atom is -0.483 e. The molecule has 0 bridgehead atoms. The van der Waals surface area contributed by atoms with Gasteiger partial charge in [-0.05, 0) is 49.8 Å². The Hall–Kier alpha value is -1.96. The van der Waals surface area contributed by atoms with Crippen LogP contribution in [0.25, 0.3) is 10.2 Å². The quantitative estimate of drug-likeness (QED) is 0.430. The third-order valence-electron chi connectivity index (χ3n) is 4.85. The Bertz CT molecular complexity index is 972. The third kappa shape index (κ3) is 5.56. The van der Waals surface area contributed by atoms with Crippen molar-refractivity contribution < 1.29 is 9.53 Å². The number of nitrogens with zero attached hydrogens (tertiary/aromatic N) is 3. The molecule has 0 saturated heterocycles. The van der Waals surface area contributed by atoms with Gasteiger partial charge in [0.1, 0.15) is 5.75 Å². The number of fused-ring (bicyclic) bond motifs is 1. The number of rotatable bonds is 9. The van der Waals surface area contributed by atoms with Gasteiger partial charge in [0.15, 0.2) is 11.7 Å². The van der Waals surface area contributed by atoms with E-state index in [9.17, 15) is 4.79 Å². The lowest BCUT2D eigenvalue weighted by atomic mass is 10.2. The monoisotopic (exact) mass is 475 g/mol. The molecule has 3 rings (SSSR count). The van der Waals surface area contributed by atoms with Crippen molar-refractivity contribution in [1.29, 1.82) is 0 Å². The number of carbonyl (C=O) groups is 1. The van der Waals surface area contributed by atoms with Crippen LogP contribution in [-0.4, -0.2) is 48.6 Å². The molecule has 0 saturated carbocycles. The number of hydrogen-bond acceptors (Lipinski definition) is 5. The summed E-state index contributed by atoms with van der Waals surface area (Å²) >= 11 is 5.03. The molecule has 1 aromatic heterocycles. The number of likely N-dealkylation sites (N-methyl/N-ethyl adjacent to an activating group) is 1. The van der Waals surface area contributed by atoms with Crippen molar-refractivity contribution in [1.82, 2.24) is 9.88 Å². The van der Waals surface area contributed by atoms with Crippen molar-refractivity contribution in [2.24, 2.45) is 0 Å². The fourth-order valence-electron chi connectivity index (χ4n) is 3.05. The molecule has 0 atom stereocenters. The van der Waals surface area contributed by atoms with E-state index in [-0.39, 0.29) is 12.5 Å². The Morgan fingerprint density at radius 1 is 1.14 bits per heavy atom. The van der Waals surface area contributed by atoms with Crippen LogP contribution in [0.3, 0.4) is 0 Å². The number of thiazole rings is 1. The molecular formula is C22H26BrN3O2S. The smallest absolute Gasteiger partial charge is 0.266 e. The highest BCUT2D eigenvalue weighted by Gasteiger charge is 2.21. The van der Waals surface area contributed by atoms with E-state index >= 15 is 0 Å². The first-order valence-corrected chi connectivity index (χ1v) is 11.4. The zero-order valence-corrected chi connectivity index (χ0v) is 19.4. The Morgan fingerprint density at radius 3 is 2.62 bits per heavy atom. The van der Waals surface area contributed by atoms with E-state index in [1.165, 1.54) is 11.3 Å². The summed E-state index contributed by atoms with van der Waals surface area (Å²) in [5.41, 5.74) is 1.91. The predicted octanol–water partition coefficient (Wildman–Crippen LogP) is 5.12. The van der Waals surface area contributed by atoms with E-state index in [0.29, 0.717) is 11.7 Å². The maximum atomic E-state index is 13.1. The van der Waals surface area contributed by atoms with E-state index in [0.717, 1.165) is 45.6 Å². The van der Waals surface area contributed by atoms with Crippen LogP contribution in [-0.2, 0) is 4.79 Å². The molecule has 0 unspecified atom stereocenters. The minimum absolute atomic E-state index is 0.0112. The van der Waals surface area contributed by atoms with Gasteiger partial charge in [-0.15, -0.1) is 0 Å². The molecule has 0 aliphatic carbocycles. The molecule has 0 fully saturated rings. The van der Waals surface area contributed by atoms with Gasteiger partial charge < -0.3 is 9.64 Å². The van der Waals surface area contributed by atoms with Crippen molar-refractivity contribution >= 4 is 48.5 Å². The second kappa shape index (κ2) is 10.2. The zero-order chi connectivity index (χ0) is 20.8. The molecule has 0 aliphatic rings. The van der Waals surface area contributed by atoms with Crippen LogP contribution < -0.4 is 9.64 Å². The van der Waals surface area contributed by atoms with Crippen LogP contribution in [0.1, 0.15) is 19.4 Å². The van der Waals surface area contributed by atoms with Crippen LogP contribution in [0.15, 0.2) is 46.9 Å². The van der Waals surface area contributed by atoms with Crippen LogP contribution in [0, 0.1) is 6.92 Å². The van der Waals surface area contributed by atoms with E-state index in [1.54, 1.807) is 4.90 Å². The van der Waals surface area contributed by atoms with Gasteiger partial charge in [0.25, 0.3) is 5.91 Å². The fraction of sp³-hybridized carbons (Fsp3) is 0.364. The fourth-order valence-corrected chi connectivity index (χ4v) is 4.61. The zero-order valence-electron chi connectivity index (χ0n) is 17.0. The number of para-hydroxylation sites is 1. The van der Waals surface area contributed by atoms with Gasteiger partial charge in [-0.1, -0.05) is 59.3 Å². The molecule has 154 valence electrons. The molecule has 1 amide bonds. The lowest BCUT2D eigenvalue weighted by Gasteiger charge is -2.24. The standard InChI is InChI=1S/C22H26BrN3O2S/c1-4-25(5-2)12-13-26(21(27)15-28-19-9-7-6-8-16(19)3)22-24-18-11-10-17(23)14-20(18)29-22/h6-11,14H,4-5,12-13,15H2,1-3H3. The molecule has 3 aromatic rings. The molecule has 0 aliphatic heterocycles. The largest absolute Gasteiger partial charge is 0.483 e. The van der Waals surface area contributed by atoms with Gasteiger partial charge in [-0.3, -0.25) is 9.69 Å². The van der Waals surface area contributed by atoms with E-state index in [1.807, 2.05) is 49.4 Å². The number of carbonyl (C=O) groups excluding carboxylic acids is 1. The normalized spacial score (nSPS) is 11.2. The Kier molecular flexibility index (Phi) is 7.64. The average molecular weight is 476 g/mol. The Labute approximate surface area is 184 Å². The SMILES string of the molecule is CCN(CC)CCN(C(=O)COc1ccccc1C)c1nc2ccc(Br)cc2s1. The highest BCUT2D eigenvalue weighted by Crippen LogP contribution is 2.31. The topological polar surface area (TPSA) is 45.7 Å². The first-order chi connectivity index (χ1) is 14.0. The first kappa shape index (κ1) is 21.7. The number of ether oxygens (including phenoxy) is 1. The van der Waals surface area contributed by atoms with Gasteiger partial charge in [-0.25, -0.2) is 4.98 Å². The van der Waals surface area contributed by atoms with E-state index < -0.39 is 0 Å². The highest BCUT2D eigenvalue weighted by molar-refractivity contribution is 9.10. The predicted molar refractivity (Wildman–Crippen MR) is 124 cm³/mol. The lowest BCUT2D eigenvalue weighted by molar-refractivity contribution is -0.120. The van der Waals surface area contributed by atoms with Crippen LogP contribution in [0.4, 0.5) is 5.13 Å². The van der Waals surface area contributed by atoms with Gasteiger partial charge in [0, 0.05) is 17.6 Å². The molecule has 0 radical (unpaired) electrons. The Balaban J connectivity index is 1.80. The molecular weight excluding hydrogens is 450 g/mol. The Morgan fingerprint density at radius 2 is 1.90 bits per heavy atom. The summed E-state index contributed by atoms with van der Waals surface area (Å²) in [7, 11) is 0. The number of benzene rings is 2. The molecule has 2 aromatic carbocycles. The first-order valence-electron chi connectivity index (χ1n) is 9.79. The number of hydrogen-bond donors (Lipinski definition) is 0. The molecule has 7 heteroatoms. The van der Waals surface area contributed by atoms with Crippen molar-refractivity contribution in [3.8, 4) is 5.75 Å². The van der Waals surface area contributed by atoms with Crippen molar-refractivity contribution in [3.05, 3.63) is 52.5 Å². The number of amides is 1. The van der Waals surface area contributed by atoms with Crippen LogP contribution in [0.5, 0.6) is 5.75 Å². The maximum Gasteiger partial charge on any atom is 0.266 e. The number of halogens is 1. The molecule has 29 heavy (non-hydrogen) atoms. The van der Waals surface area contributed by atoms with Crippen LogP contribution in [0.2, 0.25) is 0 Å². The molecule has 0 N–H and O–H groups in total. The summed E-state index contributed by atoms with van der Waals surface area (Å²) in [5, 5.41) is 0.712. The summed E-state index contributed by atoms with van der Waals surface area (Å²) in [5.74, 6) is 0.649. The molecule has 0 spiro atoms. The highest BCUT2D eigenvalue weighted by atomic mass is 79.9. The lowest BCUT2D eigenvalue weighted by Crippen LogP contribution is -2.41. The maximum absolute atomic E-state index is 13.1. The van der Waals surface area contributed by atoms with Crippen molar-refractivity contribution in [2.75, 3.05) is 37.7 Å². The number of aryl methyl sites for hydroxylation is 1. The number of anilines is 1. The minimum atomic E-state index is -0.0847. The second-order valence-electron chi connectivity index (χ2n) is 6.73. The van der Waals surface area contributed by atoms with Gasteiger partial charge in [0.05, 0.1) is 10.2 Å². The third-order valence-corrected chi connectivity index (χ3v) is 6.38. The van der Waals surface area contributed by atoms with E-state index in [2.05, 4.69) is 34.7 Å². The number of aromatic nitrogens is 1. The summed E-state index contributed by atoms with van der Waals surface area (Å²) in [6.07, 6.45) is 0. The molecule has 5 nitrogen and oxygen atoms in total. The van der Waals surface area contributed by atoms with Gasteiger partial charge in [0.2, 0.25) is 0 Å². The summed E-state index contributed by atoms with van der Waals surface area (Å²) in [6, 6.07) is 13.7. The summed E-state index contributed by atoms with van der Waals surface area (Å²) < 4.78 is 7.87. The second-order valence-corrected chi connectivity index (χ2v) is 8.66. The van der Waals surface area contributed by atoms with Crippen molar-refractivity contribution in [2.45, 2.75) is 20.8 Å². The average Bonchev–Trinajstić information content (AvgIpc) is 3.13. The van der Waals surface area contributed by atoms with E-state index in [4.69, 9.17) is 9.72 Å². The molecule has 1 heterocycles. The summed E-state index contributed by atoms with van der Waals surface area (Å²) in [6.45, 7) is 9.50.